The monoisotopic (exact) mass is 459 g/mol. The van der Waals surface area contributed by atoms with E-state index in [9.17, 15) is 19.2 Å². The van der Waals surface area contributed by atoms with Gasteiger partial charge in [-0.15, -0.1) is 0 Å². The van der Waals surface area contributed by atoms with E-state index in [1.807, 2.05) is 6.07 Å². The predicted molar refractivity (Wildman–Crippen MR) is 119 cm³/mol. The molecule has 0 aliphatic carbocycles. The van der Waals surface area contributed by atoms with Gasteiger partial charge in [-0.1, -0.05) is 23.7 Å². The number of esters is 1. The van der Waals surface area contributed by atoms with Gasteiger partial charge in [0.25, 0.3) is 17.7 Å². The van der Waals surface area contributed by atoms with Crippen molar-refractivity contribution in [1.82, 2.24) is 0 Å². The van der Waals surface area contributed by atoms with E-state index in [2.05, 4.69) is 5.32 Å². The zero-order valence-corrected chi connectivity index (χ0v) is 17.6. The summed E-state index contributed by atoms with van der Waals surface area (Å²) in [6, 6.07) is 18.5. The van der Waals surface area contributed by atoms with Gasteiger partial charge >= 0.3 is 5.97 Å². The molecule has 0 radical (unpaired) electrons. The lowest BCUT2D eigenvalue weighted by molar-refractivity contribution is -0.119. The van der Waals surface area contributed by atoms with Gasteiger partial charge in [0.1, 0.15) is 0 Å². The molecule has 0 atom stereocenters. The van der Waals surface area contributed by atoms with E-state index in [1.165, 1.54) is 30.3 Å². The summed E-state index contributed by atoms with van der Waals surface area (Å²) in [5.41, 5.74) is 1.32. The van der Waals surface area contributed by atoms with Crippen LogP contribution in [0, 0.1) is 11.3 Å². The number of nitrogens with zero attached hydrogens (tertiary/aromatic N) is 2. The number of benzene rings is 3. The molecule has 0 bridgehead atoms. The molecule has 0 aromatic heterocycles. The molecule has 162 valence electrons. The highest BCUT2D eigenvalue weighted by molar-refractivity contribution is 6.39. The smallest absolute Gasteiger partial charge is 0.338 e. The van der Waals surface area contributed by atoms with E-state index in [0.717, 1.165) is 4.90 Å². The van der Waals surface area contributed by atoms with E-state index in [0.29, 0.717) is 11.3 Å². The van der Waals surface area contributed by atoms with Crippen LogP contribution in [-0.2, 0) is 9.53 Å². The summed E-state index contributed by atoms with van der Waals surface area (Å²) in [4.78, 5) is 51.0. The number of carbonyl (C=O) groups excluding carboxylic acids is 4. The number of para-hydroxylation sites is 1. The van der Waals surface area contributed by atoms with Crippen LogP contribution in [0.4, 0.5) is 11.4 Å². The molecule has 33 heavy (non-hydrogen) atoms. The number of hydrogen-bond donors (Lipinski definition) is 1. The highest BCUT2D eigenvalue weighted by Crippen LogP contribution is 2.33. The van der Waals surface area contributed by atoms with Gasteiger partial charge in [-0.3, -0.25) is 14.4 Å². The van der Waals surface area contributed by atoms with Crippen molar-refractivity contribution in [3.8, 4) is 6.07 Å². The summed E-state index contributed by atoms with van der Waals surface area (Å²) in [5, 5.41) is 11.6. The van der Waals surface area contributed by atoms with Crippen molar-refractivity contribution in [2.24, 2.45) is 0 Å². The first-order chi connectivity index (χ1) is 15.9. The minimum Gasteiger partial charge on any atom is -0.452 e. The Balaban J connectivity index is 1.44. The van der Waals surface area contributed by atoms with Crippen molar-refractivity contribution >= 4 is 46.7 Å². The van der Waals surface area contributed by atoms with Crippen molar-refractivity contribution in [2.45, 2.75) is 0 Å². The van der Waals surface area contributed by atoms with Gasteiger partial charge in [0.05, 0.1) is 39.0 Å². The molecule has 3 aromatic carbocycles. The van der Waals surface area contributed by atoms with Gasteiger partial charge in [-0.05, 0) is 54.6 Å². The minimum absolute atomic E-state index is 0.0158. The largest absolute Gasteiger partial charge is 0.452 e. The third kappa shape index (κ3) is 4.31. The Kier molecular flexibility index (Phi) is 5.89. The standard InChI is InChI=1S/C24H14ClN3O5/c25-19-3-1-2-4-20(19)28-22(30)17-10-7-15(11-18(17)23(28)31)24(32)33-13-21(29)27-16-8-5-14(12-26)6-9-16/h1-11H,13H2,(H,27,29). The van der Waals surface area contributed by atoms with Crippen molar-refractivity contribution < 1.29 is 23.9 Å². The first kappa shape index (κ1) is 21.7. The van der Waals surface area contributed by atoms with Crippen LogP contribution in [0.15, 0.2) is 66.7 Å². The summed E-state index contributed by atoms with van der Waals surface area (Å²) in [6.07, 6.45) is 0. The van der Waals surface area contributed by atoms with Crippen molar-refractivity contribution in [1.29, 1.82) is 5.26 Å². The first-order valence-electron chi connectivity index (χ1n) is 9.63. The summed E-state index contributed by atoms with van der Waals surface area (Å²) in [7, 11) is 0. The van der Waals surface area contributed by atoms with Gasteiger partial charge in [0.15, 0.2) is 6.61 Å². The molecule has 0 saturated heterocycles. The highest BCUT2D eigenvalue weighted by atomic mass is 35.5. The number of hydrogen-bond acceptors (Lipinski definition) is 6. The lowest BCUT2D eigenvalue weighted by Crippen LogP contribution is -2.29. The molecule has 3 amide bonds. The molecule has 0 spiro atoms. The fourth-order valence-electron chi connectivity index (χ4n) is 3.26. The summed E-state index contributed by atoms with van der Waals surface area (Å²) < 4.78 is 5.03. The topological polar surface area (TPSA) is 117 Å². The zero-order chi connectivity index (χ0) is 23.5. The average Bonchev–Trinajstić information content (AvgIpc) is 3.07. The molecule has 0 unspecified atom stereocenters. The Labute approximate surface area is 192 Å². The third-order valence-corrected chi connectivity index (χ3v) is 5.17. The minimum atomic E-state index is -0.829. The zero-order valence-electron chi connectivity index (χ0n) is 16.9. The second-order valence-corrected chi connectivity index (χ2v) is 7.38. The molecule has 4 rings (SSSR count). The molecule has 3 aromatic rings. The second kappa shape index (κ2) is 8.94. The van der Waals surface area contributed by atoms with Crippen LogP contribution < -0.4 is 10.2 Å². The van der Waals surface area contributed by atoms with E-state index in [4.69, 9.17) is 21.6 Å². The Bertz CT molecular complexity index is 1340. The quantitative estimate of drug-likeness (QED) is 0.458. The number of ether oxygens (including phenoxy) is 1. The maximum atomic E-state index is 12.9. The number of carbonyl (C=O) groups is 4. The fraction of sp³-hybridized carbons (Fsp3) is 0.0417. The maximum Gasteiger partial charge on any atom is 0.338 e. The molecule has 0 saturated carbocycles. The lowest BCUT2D eigenvalue weighted by atomic mass is 10.1. The van der Waals surface area contributed by atoms with Crippen molar-refractivity contribution in [3.05, 3.63) is 94.0 Å². The average molecular weight is 460 g/mol. The fourth-order valence-corrected chi connectivity index (χ4v) is 3.48. The van der Waals surface area contributed by atoms with Crippen LogP contribution in [0.2, 0.25) is 5.02 Å². The van der Waals surface area contributed by atoms with Gasteiger partial charge in [0.2, 0.25) is 0 Å². The summed E-state index contributed by atoms with van der Waals surface area (Å²) in [6.45, 7) is -0.561. The van der Waals surface area contributed by atoms with Gasteiger partial charge in [0, 0.05) is 5.69 Å². The third-order valence-electron chi connectivity index (χ3n) is 4.85. The predicted octanol–water partition coefficient (Wildman–Crippen LogP) is 3.81. The van der Waals surface area contributed by atoms with Gasteiger partial charge in [-0.25, -0.2) is 9.69 Å². The highest BCUT2D eigenvalue weighted by Gasteiger charge is 2.38. The summed E-state index contributed by atoms with van der Waals surface area (Å²) in [5.74, 6) is -2.57. The molecule has 1 aliphatic rings. The Morgan fingerprint density at radius 2 is 1.67 bits per heavy atom. The van der Waals surface area contributed by atoms with Crippen LogP contribution in [0.3, 0.4) is 0 Å². The summed E-state index contributed by atoms with van der Waals surface area (Å²) >= 11 is 6.13. The van der Waals surface area contributed by atoms with Crippen molar-refractivity contribution in [3.63, 3.8) is 0 Å². The second-order valence-electron chi connectivity index (χ2n) is 6.97. The van der Waals surface area contributed by atoms with Crippen LogP contribution in [0.25, 0.3) is 0 Å². The molecule has 0 fully saturated rings. The molecule has 1 aliphatic heterocycles. The number of fused-ring (bicyclic) bond motifs is 1. The van der Waals surface area contributed by atoms with Crippen LogP contribution in [-0.4, -0.2) is 30.3 Å². The molecular weight excluding hydrogens is 446 g/mol. The SMILES string of the molecule is N#Cc1ccc(NC(=O)COC(=O)c2ccc3c(c2)C(=O)N(c2ccccc2Cl)C3=O)cc1. The van der Waals surface area contributed by atoms with Crippen LogP contribution in [0.5, 0.6) is 0 Å². The number of nitriles is 1. The Morgan fingerprint density at radius 3 is 2.36 bits per heavy atom. The number of amides is 3. The van der Waals surface area contributed by atoms with E-state index >= 15 is 0 Å². The van der Waals surface area contributed by atoms with Crippen LogP contribution in [0.1, 0.15) is 36.6 Å². The van der Waals surface area contributed by atoms with Gasteiger partial charge < -0.3 is 10.1 Å². The van der Waals surface area contributed by atoms with E-state index in [-0.39, 0.29) is 27.4 Å². The van der Waals surface area contributed by atoms with Crippen molar-refractivity contribution in [2.75, 3.05) is 16.8 Å². The Hall–Kier alpha value is -4.48. The molecule has 8 nitrogen and oxygen atoms in total. The number of anilines is 2. The normalized spacial score (nSPS) is 12.2. The van der Waals surface area contributed by atoms with Gasteiger partial charge in [-0.2, -0.15) is 5.26 Å². The molecule has 1 heterocycles. The first-order valence-corrected chi connectivity index (χ1v) is 10.0. The number of nitrogens with one attached hydrogen (secondary N) is 1. The number of halogens is 1. The van der Waals surface area contributed by atoms with E-state index in [1.54, 1.807) is 36.4 Å². The lowest BCUT2D eigenvalue weighted by Gasteiger charge is -2.15. The molecule has 9 heteroatoms. The Morgan fingerprint density at radius 1 is 0.970 bits per heavy atom. The number of rotatable bonds is 5. The molecular formula is C24H14ClN3O5. The van der Waals surface area contributed by atoms with E-state index < -0.39 is 30.3 Å². The van der Waals surface area contributed by atoms with Crippen LogP contribution >= 0.6 is 11.6 Å². The molecule has 1 N–H and O–H groups in total. The maximum absolute atomic E-state index is 12.9. The number of imide groups is 1.